The van der Waals surface area contributed by atoms with Crippen LogP contribution in [-0.2, 0) is 4.79 Å². The van der Waals surface area contributed by atoms with Crippen molar-refractivity contribution in [2.45, 2.75) is 32.1 Å². The number of nitrogens with two attached hydrogens (primary N) is 1. The van der Waals surface area contributed by atoms with Crippen LogP contribution in [0.1, 0.15) is 42.5 Å². The lowest BCUT2D eigenvalue weighted by atomic mass is 10.1. The molecule has 0 unspecified atom stereocenters. The second-order valence-electron chi connectivity index (χ2n) is 4.62. The Labute approximate surface area is 133 Å². The number of carbonyl (C=O) groups excluding carboxylic acids is 1. The van der Waals surface area contributed by atoms with Crippen LogP contribution in [0.15, 0.2) is 12.1 Å². The molecule has 0 fully saturated rings. The molecule has 7 heteroatoms. The number of aromatic carboxylic acids is 1. The number of rotatable bonds is 8. The molecule has 0 atom stereocenters. The summed E-state index contributed by atoms with van der Waals surface area (Å²) >= 11 is 11.9. The molecule has 1 amide bonds. The maximum atomic E-state index is 11.8. The summed E-state index contributed by atoms with van der Waals surface area (Å²) in [7, 11) is 0. The number of anilines is 1. The molecule has 0 aliphatic carbocycles. The SMILES string of the molecule is NCCCCCCC(=O)Nc1c(Cl)cc(C(=O)O)cc1Cl. The summed E-state index contributed by atoms with van der Waals surface area (Å²) in [4.78, 5) is 22.7. The molecule has 0 radical (unpaired) electrons. The summed E-state index contributed by atoms with van der Waals surface area (Å²) < 4.78 is 0. The summed E-state index contributed by atoms with van der Waals surface area (Å²) in [6.07, 6.45) is 4.00. The zero-order valence-corrected chi connectivity index (χ0v) is 13.0. The van der Waals surface area contributed by atoms with Crippen molar-refractivity contribution in [3.8, 4) is 0 Å². The van der Waals surface area contributed by atoms with Crippen LogP contribution in [0.25, 0.3) is 0 Å². The molecule has 0 aliphatic rings. The minimum atomic E-state index is -1.13. The molecule has 21 heavy (non-hydrogen) atoms. The zero-order chi connectivity index (χ0) is 15.8. The highest BCUT2D eigenvalue weighted by Crippen LogP contribution is 2.32. The molecule has 1 aromatic rings. The van der Waals surface area contributed by atoms with Gasteiger partial charge in [-0.2, -0.15) is 0 Å². The topological polar surface area (TPSA) is 92.4 Å². The predicted octanol–water partition coefficient (Wildman–Crippen LogP) is 3.54. The van der Waals surface area contributed by atoms with Crippen LogP contribution in [0.5, 0.6) is 0 Å². The molecule has 0 bridgehead atoms. The Morgan fingerprint density at radius 1 is 1.10 bits per heavy atom. The van der Waals surface area contributed by atoms with Gasteiger partial charge >= 0.3 is 5.97 Å². The van der Waals surface area contributed by atoms with Crippen molar-refractivity contribution in [1.82, 2.24) is 0 Å². The summed E-state index contributed by atoms with van der Waals surface area (Å²) in [6.45, 7) is 0.660. The average Bonchev–Trinajstić information content (AvgIpc) is 2.42. The van der Waals surface area contributed by atoms with Gasteiger partial charge in [0.25, 0.3) is 0 Å². The molecular weight excluding hydrogens is 315 g/mol. The van der Waals surface area contributed by atoms with Gasteiger partial charge in [0.05, 0.1) is 21.3 Å². The first-order valence-electron chi connectivity index (χ1n) is 6.68. The number of hydrogen-bond acceptors (Lipinski definition) is 3. The third-order valence-electron chi connectivity index (χ3n) is 2.91. The van der Waals surface area contributed by atoms with Crippen molar-refractivity contribution in [3.05, 3.63) is 27.7 Å². The van der Waals surface area contributed by atoms with Crippen LogP contribution in [0.2, 0.25) is 10.0 Å². The normalized spacial score (nSPS) is 10.4. The fraction of sp³-hybridized carbons (Fsp3) is 0.429. The van der Waals surface area contributed by atoms with E-state index in [1.165, 1.54) is 12.1 Å². The van der Waals surface area contributed by atoms with Crippen molar-refractivity contribution in [3.63, 3.8) is 0 Å². The second kappa shape index (κ2) is 8.87. The highest BCUT2D eigenvalue weighted by molar-refractivity contribution is 6.40. The lowest BCUT2D eigenvalue weighted by molar-refractivity contribution is -0.116. The predicted molar refractivity (Wildman–Crippen MR) is 84.2 cm³/mol. The molecule has 1 aromatic carbocycles. The molecule has 0 heterocycles. The highest BCUT2D eigenvalue weighted by Gasteiger charge is 2.14. The maximum absolute atomic E-state index is 11.8. The molecule has 5 nitrogen and oxygen atoms in total. The van der Waals surface area contributed by atoms with Crippen molar-refractivity contribution in [1.29, 1.82) is 0 Å². The number of amides is 1. The van der Waals surface area contributed by atoms with Gasteiger partial charge in [-0.05, 0) is 31.5 Å². The highest BCUT2D eigenvalue weighted by atomic mass is 35.5. The van der Waals surface area contributed by atoms with Crippen LogP contribution in [0.3, 0.4) is 0 Å². The number of hydrogen-bond donors (Lipinski definition) is 3. The van der Waals surface area contributed by atoms with Crippen molar-refractivity contribution in [2.75, 3.05) is 11.9 Å². The van der Waals surface area contributed by atoms with Gasteiger partial charge in [0.15, 0.2) is 0 Å². The van der Waals surface area contributed by atoms with E-state index in [0.29, 0.717) is 13.0 Å². The van der Waals surface area contributed by atoms with Crippen molar-refractivity contribution < 1.29 is 14.7 Å². The standard InChI is InChI=1S/C14H18Cl2N2O3/c15-10-7-9(14(20)21)8-11(16)13(10)18-12(19)5-3-1-2-4-6-17/h7-8H,1-6,17H2,(H,18,19)(H,20,21). The third-order valence-corrected chi connectivity index (χ3v) is 3.51. The van der Waals surface area contributed by atoms with Gasteiger partial charge in [-0.15, -0.1) is 0 Å². The van der Waals surface area contributed by atoms with Gasteiger partial charge in [-0.25, -0.2) is 4.79 Å². The minimum Gasteiger partial charge on any atom is -0.478 e. The number of nitrogens with one attached hydrogen (secondary N) is 1. The monoisotopic (exact) mass is 332 g/mol. The average molecular weight is 333 g/mol. The van der Waals surface area contributed by atoms with E-state index in [2.05, 4.69) is 5.32 Å². The van der Waals surface area contributed by atoms with Crippen molar-refractivity contribution >= 4 is 40.8 Å². The Balaban J connectivity index is 2.58. The second-order valence-corrected chi connectivity index (χ2v) is 5.44. The molecule has 0 saturated heterocycles. The fourth-order valence-corrected chi connectivity index (χ4v) is 2.38. The molecule has 1 rings (SSSR count). The molecular formula is C14H18Cl2N2O3. The first-order chi connectivity index (χ1) is 9.95. The fourth-order valence-electron chi connectivity index (χ4n) is 1.80. The number of carboxylic acids is 1. The molecule has 0 saturated carbocycles. The van der Waals surface area contributed by atoms with Gasteiger partial charge in [0.1, 0.15) is 0 Å². The van der Waals surface area contributed by atoms with Gasteiger partial charge in [-0.3, -0.25) is 4.79 Å². The molecule has 0 spiro atoms. The summed E-state index contributed by atoms with van der Waals surface area (Å²) in [5.41, 5.74) is 5.61. The van der Waals surface area contributed by atoms with E-state index in [-0.39, 0.29) is 27.2 Å². The first-order valence-corrected chi connectivity index (χ1v) is 7.43. The van der Waals surface area contributed by atoms with Crippen LogP contribution in [0.4, 0.5) is 5.69 Å². The Morgan fingerprint density at radius 2 is 1.67 bits per heavy atom. The molecule has 0 aliphatic heterocycles. The minimum absolute atomic E-state index is 0.0233. The van der Waals surface area contributed by atoms with E-state index >= 15 is 0 Å². The molecule has 4 N–H and O–H groups in total. The van der Waals surface area contributed by atoms with Gasteiger partial charge in [0.2, 0.25) is 5.91 Å². The van der Waals surface area contributed by atoms with Gasteiger partial charge in [-0.1, -0.05) is 36.0 Å². The van der Waals surface area contributed by atoms with Crippen LogP contribution >= 0.6 is 23.2 Å². The number of carbonyl (C=O) groups is 2. The summed E-state index contributed by atoms with van der Waals surface area (Å²) in [6, 6.07) is 2.51. The van der Waals surface area contributed by atoms with Crippen LogP contribution in [-0.4, -0.2) is 23.5 Å². The summed E-state index contributed by atoms with van der Waals surface area (Å²) in [5.74, 6) is -1.33. The quantitative estimate of drug-likeness (QED) is 0.635. The van der Waals surface area contributed by atoms with Crippen molar-refractivity contribution in [2.24, 2.45) is 5.73 Å². The van der Waals surface area contributed by atoms with Crippen LogP contribution < -0.4 is 11.1 Å². The largest absolute Gasteiger partial charge is 0.478 e. The Hall–Kier alpha value is -1.30. The number of halogens is 2. The lowest BCUT2D eigenvalue weighted by Crippen LogP contribution is -2.12. The van der Waals surface area contributed by atoms with E-state index in [9.17, 15) is 9.59 Å². The smallest absolute Gasteiger partial charge is 0.335 e. The lowest BCUT2D eigenvalue weighted by Gasteiger charge is -2.10. The number of benzene rings is 1. The molecule has 0 aromatic heterocycles. The maximum Gasteiger partial charge on any atom is 0.335 e. The van der Waals surface area contributed by atoms with E-state index in [1.807, 2.05) is 0 Å². The Kier molecular flexibility index (Phi) is 7.50. The van der Waals surface area contributed by atoms with Gasteiger partial charge in [0, 0.05) is 6.42 Å². The van der Waals surface area contributed by atoms with E-state index in [4.69, 9.17) is 34.0 Å². The summed E-state index contributed by atoms with van der Waals surface area (Å²) in [5, 5.41) is 11.7. The Bertz CT molecular complexity index is 498. The Morgan fingerprint density at radius 3 is 2.19 bits per heavy atom. The van der Waals surface area contributed by atoms with E-state index in [0.717, 1.165) is 25.7 Å². The zero-order valence-electron chi connectivity index (χ0n) is 11.5. The van der Waals surface area contributed by atoms with E-state index in [1.54, 1.807) is 0 Å². The third kappa shape index (κ3) is 5.91. The first kappa shape index (κ1) is 17.8. The molecule has 116 valence electrons. The van der Waals surface area contributed by atoms with Crippen LogP contribution in [0, 0.1) is 0 Å². The van der Waals surface area contributed by atoms with Gasteiger partial charge < -0.3 is 16.2 Å². The van der Waals surface area contributed by atoms with E-state index < -0.39 is 5.97 Å². The number of carboxylic acid groups (broad SMARTS) is 1. The number of unbranched alkanes of at least 4 members (excludes halogenated alkanes) is 3.